The summed E-state index contributed by atoms with van der Waals surface area (Å²) in [6, 6.07) is 1.91. The van der Waals surface area contributed by atoms with Crippen LogP contribution in [0.4, 0.5) is 0 Å². The molecule has 1 N–H and O–H groups in total. The molecule has 1 fully saturated rings. The number of ether oxygens (including phenoxy) is 2. The predicted octanol–water partition coefficient (Wildman–Crippen LogP) is 4.07. The maximum atomic E-state index is 13.0. The van der Waals surface area contributed by atoms with E-state index in [1.54, 1.807) is 10.6 Å². The second-order valence-electron chi connectivity index (χ2n) is 8.25. The van der Waals surface area contributed by atoms with Crippen molar-refractivity contribution in [2.75, 3.05) is 13.2 Å². The van der Waals surface area contributed by atoms with Crippen LogP contribution in [0.25, 0.3) is 5.78 Å². The molecule has 31 heavy (non-hydrogen) atoms. The van der Waals surface area contributed by atoms with Gasteiger partial charge in [0.2, 0.25) is 5.16 Å². The summed E-state index contributed by atoms with van der Waals surface area (Å²) in [5, 5.41) is 15.7. The van der Waals surface area contributed by atoms with Crippen LogP contribution in [0.5, 0.6) is 0 Å². The third-order valence-corrected chi connectivity index (χ3v) is 6.97. The van der Waals surface area contributed by atoms with Crippen molar-refractivity contribution in [3.63, 3.8) is 0 Å². The molecule has 0 amide bonds. The molecule has 9 heteroatoms. The summed E-state index contributed by atoms with van der Waals surface area (Å²) in [5.41, 5.74) is 1.00. The Hall–Kier alpha value is -2.39. The van der Waals surface area contributed by atoms with E-state index in [9.17, 15) is 9.90 Å². The number of rotatable bonds is 8. The van der Waals surface area contributed by atoms with Crippen molar-refractivity contribution in [3.05, 3.63) is 40.8 Å². The number of fused-ring (bicyclic) bond motifs is 1. The fourth-order valence-electron chi connectivity index (χ4n) is 4.57. The zero-order valence-electron chi connectivity index (χ0n) is 18.0. The lowest BCUT2D eigenvalue weighted by Gasteiger charge is -2.41. The lowest BCUT2D eigenvalue weighted by Crippen LogP contribution is -2.46. The fraction of sp³-hybridized carbons (Fsp3) is 0.545. The number of aliphatic hydroxyl groups excluding tert-OH is 1. The van der Waals surface area contributed by atoms with Gasteiger partial charge >= 0.3 is 5.97 Å². The molecule has 1 unspecified atom stereocenters. The molecular weight excluding hydrogens is 416 g/mol. The summed E-state index contributed by atoms with van der Waals surface area (Å²) < 4.78 is 13.3. The molecule has 1 aliphatic carbocycles. The van der Waals surface area contributed by atoms with Crippen molar-refractivity contribution in [1.82, 2.24) is 19.6 Å². The lowest BCUT2D eigenvalue weighted by atomic mass is 9.79. The summed E-state index contributed by atoms with van der Waals surface area (Å²) in [6.07, 6.45) is 6.73. The Bertz CT molecular complexity index is 1030. The normalized spacial score (nSPS) is 22.3. The molecule has 2 aromatic rings. The molecule has 8 nitrogen and oxygen atoms in total. The summed E-state index contributed by atoms with van der Waals surface area (Å²) >= 11 is 1.02. The highest BCUT2D eigenvalue weighted by Gasteiger charge is 2.48. The first-order chi connectivity index (χ1) is 14.9. The van der Waals surface area contributed by atoms with E-state index >= 15 is 0 Å². The van der Waals surface area contributed by atoms with Crippen LogP contribution in [0.3, 0.4) is 0 Å². The number of carbonyl (C=O) groups is 1. The van der Waals surface area contributed by atoms with Crippen LogP contribution in [0.1, 0.15) is 49.9 Å². The van der Waals surface area contributed by atoms with Crippen molar-refractivity contribution in [2.45, 2.75) is 63.1 Å². The van der Waals surface area contributed by atoms with Crippen LogP contribution in [0.2, 0.25) is 0 Å². The third-order valence-electron chi connectivity index (χ3n) is 6.01. The number of esters is 1. The van der Waals surface area contributed by atoms with Gasteiger partial charge in [0.15, 0.2) is 0 Å². The minimum atomic E-state index is -0.732. The first kappa shape index (κ1) is 21.8. The summed E-state index contributed by atoms with van der Waals surface area (Å²) in [7, 11) is 0. The second kappa shape index (κ2) is 9.00. The fourth-order valence-corrected chi connectivity index (χ4v) is 5.31. The van der Waals surface area contributed by atoms with Gasteiger partial charge in [-0.25, -0.2) is 14.3 Å². The van der Waals surface area contributed by atoms with Gasteiger partial charge in [-0.05, 0) is 50.4 Å². The van der Waals surface area contributed by atoms with Crippen LogP contribution < -0.4 is 0 Å². The highest BCUT2D eigenvalue weighted by Crippen LogP contribution is 2.47. The molecule has 166 valence electrons. The minimum Gasteiger partial charge on any atom is -0.511 e. The van der Waals surface area contributed by atoms with E-state index in [2.05, 4.69) is 21.6 Å². The summed E-state index contributed by atoms with van der Waals surface area (Å²) in [5.74, 6) is 0.199. The average molecular weight is 445 g/mol. The highest BCUT2D eigenvalue weighted by atomic mass is 32.2. The molecule has 2 aliphatic rings. The van der Waals surface area contributed by atoms with Crippen molar-refractivity contribution in [1.29, 1.82) is 0 Å². The summed E-state index contributed by atoms with van der Waals surface area (Å²) in [4.78, 5) is 21.9. The summed E-state index contributed by atoms with van der Waals surface area (Å²) in [6.45, 7) is 8.37. The van der Waals surface area contributed by atoms with Crippen molar-refractivity contribution >= 4 is 23.5 Å². The Morgan fingerprint density at radius 2 is 2.16 bits per heavy atom. The number of aromatic nitrogens is 4. The van der Waals surface area contributed by atoms with E-state index in [4.69, 9.17) is 9.47 Å². The number of aliphatic hydroxyl groups is 1. The zero-order chi connectivity index (χ0) is 22.0. The van der Waals surface area contributed by atoms with Crippen LogP contribution >= 0.6 is 11.8 Å². The molecule has 3 heterocycles. The Balaban J connectivity index is 1.58. The van der Waals surface area contributed by atoms with Crippen molar-refractivity contribution < 1.29 is 19.4 Å². The quantitative estimate of drug-likeness (QED) is 0.370. The highest BCUT2D eigenvalue weighted by molar-refractivity contribution is 8.03. The zero-order valence-corrected chi connectivity index (χ0v) is 18.8. The van der Waals surface area contributed by atoms with Crippen LogP contribution in [-0.4, -0.2) is 49.5 Å². The maximum Gasteiger partial charge on any atom is 0.349 e. The molecule has 0 bridgehead atoms. The van der Waals surface area contributed by atoms with E-state index in [0.29, 0.717) is 30.6 Å². The number of cyclic esters (lactones) is 1. The van der Waals surface area contributed by atoms with Gasteiger partial charge in [0, 0.05) is 24.2 Å². The molecule has 0 radical (unpaired) electrons. The largest absolute Gasteiger partial charge is 0.511 e. The van der Waals surface area contributed by atoms with Gasteiger partial charge in [0.1, 0.15) is 16.3 Å². The topological polar surface area (TPSA) is 98.8 Å². The standard InChI is InChI=1S/C22H28N4O4S/c1-4-10-29-11-9-22(16-7-5-6-8-16)13-17(27)18(19(28)30-22)31-21-24-20-23-14(2)12-15(3)26(20)25-21/h4,12,16,27H,1,5-11,13H2,2-3H3. The van der Waals surface area contributed by atoms with E-state index in [-0.39, 0.29) is 23.0 Å². The monoisotopic (exact) mass is 444 g/mol. The number of hydrogen-bond donors (Lipinski definition) is 1. The van der Waals surface area contributed by atoms with E-state index < -0.39 is 11.6 Å². The van der Waals surface area contributed by atoms with Gasteiger partial charge in [-0.1, -0.05) is 18.9 Å². The third kappa shape index (κ3) is 4.48. The van der Waals surface area contributed by atoms with Gasteiger partial charge in [-0.15, -0.1) is 11.7 Å². The molecule has 4 rings (SSSR count). The SMILES string of the molecule is C=CCOCCC1(C2CCCC2)CC(O)=C(Sc2nc3nc(C)cc(C)n3n2)C(=O)O1. The van der Waals surface area contributed by atoms with Crippen LogP contribution in [0.15, 0.2) is 34.5 Å². The second-order valence-corrected chi connectivity index (χ2v) is 9.23. The van der Waals surface area contributed by atoms with E-state index in [0.717, 1.165) is 48.8 Å². The Kier molecular flexibility index (Phi) is 6.34. The average Bonchev–Trinajstić information content (AvgIpc) is 3.38. The lowest BCUT2D eigenvalue weighted by molar-refractivity contribution is -0.167. The van der Waals surface area contributed by atoms with Gasteiger partial charge in [-0.3, -0.25) is 0 Å². The molecule has 1 atom stereocenters. The Morgan fingerprint density at radius 3 is 2.87 bits per heavy atom. The Labute approximate surface area is 185 Å². The van der Waals surface area contributed by atoms with Gasteiger partial charge in [0.25, 0.3) is 5.78 Å². The van der Waals surface area contributed by atoms with Crippen molar-refractivity contribution in [2.24, 2.45) is 5.92 Å². The molecule has 0 aromatic carbocycles. The van der Waals surface area contributed by atoms with Gasteiger partial charge in [-0.2, -0.15) is 4.98 Å². The van der Waals surface area contributed by atoms with E-state index in [1.165, 1.54) is 0 Å². The predicted molar refractivity (Wildman–Crippen MR) is 117 cm³/mol. The molecular formula is C22H28N4O4S. The van der Waals surface area contributed by atoms with Gasteiger partial charge in [0.05, 0.1) is 13.2 Å². The number of aryl methyl sites for hydroxylation is 2. The van der Waals surface area contributed by atoms with Crippen LogP contribution in [-0.2, 0) is 14.3 Å². The number of hydrogen-bond acceptors (Lipinski definition) is 8. The molecule has 0 spiro atoms. The first-order valence-corrected chi connectivity index (χ1v) is 11.5. The molecule has 0 saturated heterocycles. The van der Waals surface area contributed by atoms with E-state index in [1.807, 2.05) is 19.9 Å². The molecule has 1 saturated carbocycles. The van der Waals surface area contributed by atoms with Crippen LogP contribution in [0, 0.1) is 19.8 Å². The molecule has 1 aliphatic heterocycles. The van der Waals surface area contributed by atoms with Gasteiger partial charge < -0.3 is 14.6 Å². The van der Waals surface area contributed by atoms with Crippen molar-refractivity contribution in [3.8, 4) is 0 Å². The first-order valence-electron chi connectivity index (χ1n) is 10.6. The Morgan fingerprint density at radius 1 is 1.39 bits per heavy atom. The number of carbonyl (C=O) groups excluding carboxylic acids is 1. The minimum absolute atomic E-state index is 0.0385. The number of thioether (sulfide) groups is 1. The number of nitrogens with zero attached hydrogens (tertiary/aromatic N) is 4. The maximum absolute atomic E-state index is 13.0. The smallest absolute Gasteiger partial charge is 0.349 e. The molecule has 2 aromatic heterocycles.